The van der Waals surface area contributed by atoms with Crippen LogP contribution in [0.4, 0.5) is 5.82 Å². The molecule has 168 valence electrons. The zero-order valence-corrected chi connectivity index (χ0v) is 21.3. The van der Waals surface area contributed by atoms with Gasteiger partial charge in [-0.3, -0.25) is 4.79 Å². The maximum Gasteiger partial charge on any atom is 0.257 e. The smallest absolute Gasteiger partial charge is 0.257 e. The number of halogens is 1. The fourth-order valence-electron chi connectivity index (χ4n) is 4.76. The van der Waals surface area contributed by atoms with Gasteiger partial charge in [0.05, 0.1) is 23.3 Å². The summed E-state index contributed by atoms with van der Waals surface area (Å²) in [6, 6.07) is 19.0. The Morgan fingerprint density at radius 3 is 2.44 bits per heavy atom. The molecule has 0 saturated heterocycles. The lowest BCUT2D eigenvalue weighted by Crippen LogP contribution is -2.45. The number of carbonyl (C=O) groups excluding carboxylic acids is 1. The van der Waals surface area contributed by atoms with Crippen LogP contribution in [-0.4, -0.2) is 15.7 Å². The molecule has 0 radical (unpaired) electrons. The van der Waals surface area contributed by atoms with E-state index in [-0.39, 0.29) is 17.5 Å². The van der Waals surface area contributed by atoms with Gasteiger partial charge in [0.1, 0.15) is 11.4 Å². The zero-order valence-electron chi connectivity index (χ0n) is 19.2. The van der Waals surface area contributed by atoms with Gasteiger partial charge in [0.15, 0.2) is 0 Å². The van der Waals surface area contributed by atoms with Gasteiger partial charge < -0.3 is 10.6 Å². The second-order valence-corrected chi connectivity index (χ2v) is 10.4. The van der Waals surface area contributed by atoms with E-state index in [2.05, 4.69) is 115 Å². The lowest BCUT2D eigenvalue weighted by molar-refractivity contribution is 0.0890. The zero-order chi connectivity index (χ0) is 22.9. The van der Waals surface area contributed by atoms with E-state index in [9.17, 15) is 4.79 Å². The molecule has 4 rings (SSSR count). The summed E-state index contributed by atoms with van der Waals surface area (Å²) < 4.78 is 3.15. The minimum absolute atomic E-state index is 0.0921. The van der Waals surface area contributed by atoms with E-state index in [1.165, 1.54) is 9.13 Å². The molecule has 1 aliphatic rings. The largest absolute Gasteiger partial charge is 0.363 e. The number of benzene rings is 2. The summed E-state index contributed by atoms with van der Waals surface area (Å²) in [6.07, 6.45) is 4.22. The number of anilines is 1. The van der Waals surface area contributed by atoms with E-state index in [1.54, 1.807) is 6.20 Å². The quantitative estimate of drug-likeness (QED) is 0.364. The number of nitrogens with zero attached hydrogens (tertiary/aromatic N) is 2. The minimum Gasteiger partial charge on any atom is -0.363 e. The topological polar surface area (TPSA) is 59.0 Å². The first-order valence-corrected chi connectivity index (χ1v) is 12.4. The summed E-state index contributed by atoms with van der Waals surface area (Å²) in [5.74, 6) is 0.696. The van der Waals surface area contributed by atoms with Crippen LogP contribution >= 0.6 is 22.6 Å². The van der Waals surface area contributed by atoms with E-state index >= 15 is 0 Å². The predicted molar refractivity (Wildman–Crippen MR) is 138 cm³/mol. The first-order chi connectivity index (χ1) is 15.3. The minimum atomic E-state index is -0.417. The van der Waals surface area contributed by atoms with Crippen molar-refractivity contribution in [3.63, 3.8) is 0 Å². The van der Waals surface area contributed by atoms with E-state index in [4.69, 9.17) is 0 Å². The normalized spacial score (nSPS) is 17.3. The third-order valence-electron chi connectivity index (χ3n) is 6.76. The van der Waals surface area contributed by atoms with Gasteiger partial charge in [-0.05, 0) is 79.0 Å². The SMILES string of the molecule is CCC(CC)(NC(=O)c1cnn2c1N[C@H](c1ccccc1)CC2(C)C)c1ccc(I)cc1. The summed E-state index contributed by atoms with van der Waals surface area (Å²) in [4.78, 5) is 13.6. The maximum atomic E-state index is 13.6. The number of nitrogens with one attached hydrogen (secondary N) is 2. The molecule has 0 bridgehead atoms. The van der Waals surface area contributed by atoms with Crippen LogP contribution in [0.1, 0.15) is 74.5 Å². The molecular formula is C26H31IN4O. The van der Waals surface area contributed by atoms with Crippen molar-refractivity contribution < 1.29 is 4.79 Å². The standard InChI is InChI=1S/C26H31IN4O/c1-5-26(6-2,19-12-14-20(27)15-13-19)30-24(32)21-17-28-31-23(21)29-22(16-25(31,3)4)18-10-8-7-9-11-18/h7-15,17,22,29H,5-6,16H2,1-4H3,(H,30,32)/t22-/m0/s1. The second-order valence-electron chi connectivity index (χ2n) is 9.19. The third-order valence-corrected chi connectivity index (χ3v) is 7.48. The Bertz CT molecular complexity index is 1080. The summed E-state index contributed by atoms with van der Waals surface area (Å²) >= 11 is 2.31. The van der Waals surface area contributed by atoms with Crippen molar-refractivity contribution in [2.24, 2.45) is 0 Å². The maximum absolute atomic E-state index is 13.6. The van der Waals surface area contributed by atoms with Crippen LogP contribution in [0.15, 0.2) is 60.8 Å². The van der Waals surface area contributed by atoms with Crippen molar-refractivity contribution in [2.45, 2.75) is 64.1 Å². The molecular weight excluding hydrogens is 511 g/mol. The number of carbonyl (C=O) groups is 1. The Balaban J connectivity index is 1.67. The molecule has 32 heavy (non-hydrogen) atoms. The molecule has 2 N–H and O–H groups in total. The Labute approximate surface area is 204 Å². The molecule has 0 saturated carbocycles. The van der Waals surface area contributed by atoms with Crippen LogP contribution in [0.25, 0.3) is 0 Å². The summed E-state index contributed by atoms with van der Waals surface area (Å²) in [5.41, 5.74) is 2.32. The van der Waals surface area contributed by atoms with Gasteiger partial charge in [-0.15, -0.1) is 0 Å². The number of hydrogen-bond acceptors (Lipinski definition) is 3. The molecule has 3 aromatic rings. The highest BCUT2D eigenvalue weighted by atomic mass is 127. The summed E-state index contributed by atoms with van der Waals surface area (Å²) in [5, 5.41) is 11.6. The fourth-order valence-corrected chi connectivity index (χ4v) is 5.12. The van der Waals surface area contributed by atoms with E-state index in [0.717, 1.165) is 30.6 Å². The highest BCUT2D eigenvalue weighted by molar-refractivity contribution is 14.1. The monoisotopic (exact) mass is 542 g/mol. The molecule has 1 atom stereocenters. The lowest BCUT2D eigenvalue weighted by Gasteiger charge is -2.38. The van der Waals surface area contributed by atoms with Gasteiger partial charge in [-0.2, -0.15) is 5.10 Å². The average Bonchev–Trinajstić information content (AvgIpc) is 3.24. The molecule has 1 aromatic heterocycles. The molecule has 0 spiro atoms. The van der Waals surface area contributed by atoms with E-state index in [1.807, 2.05) is 10.7 Å². The number of aromatic nitrogens is 2. The lowest BCUT2D eigenvalue weighted by atomic mass is 9.84. The van der Waals surface area contributed by atoms with E-state index in [0.29, 0.717) is 5.56 Å². The molecule has 5 nitrogen and oxygen atoms in total. The molecule has 0 unspecified atom stereocenters. The molecule has 6 heteroatoms. The first kappa shape index (κ1) is 22.8. The molecule has 0 fully saturated rings. The van der Waals surface area contributed by atoms with Gasteiger partial charge in [0.2, 0.25) is 0 Å². The average molecular weight is 542 g/mol. The predicted octanol–water partition coefficient (Wildman–Crippen LogP) is 6.23. The van der Waals surface area contributed by atoms with Crippen molar-refractivity contribution >= 4 is 34.3 Å². The fraction of sp³-hybridized carbons (Fsp3) is 0.385. The second kappa shape index (κ2) is 8.89. The Hall–Kier alpha value is -2.35. The van der Waals surface area contributed by atoms with Crippen LogP contribution in [0.5, 0.6) is 0 Å². The molecule has 1 aliphatic heterocycles. The third kappa shape index (κ3) is 4.17. The highest BCUT2D eigenvalue weighted by Gasteiger charge is 2.38. The van der Waals surface area contributed by atoms with Crippen molar-refractivity contribution in [3.05, 3.63) is 81.1 Å². The van der Waals surface area contributed by atoms with Crippen LogP contribution in [-0.2, 0) is 11.1 Å². The Morgan fingerprint density at radius 2 is 1.81 bits per heavy atom. The van der Waals surface area contributed by atoms with Gasteiger partial charge in [-0.25, -0.2) is 4.68 Å². The van der Waals surface area contributed by atoms with Crippen molar-refractivity contribution in [3.8, 4) is 0 Å². The highest BCUT2D eigenvalue weighted by Crippen LogP contribution is 2.40. The van der Waals surface area contributed by atoms with Gasteiger partial charge in [0.25, 0.3) is 5.91 Å². The van der Waals surface area contributed by atoms with Crippen molar-refractivity contribution in [1.82, 2.24) is 15.1 Å². The summed E-state index contributed by atoms with van der Waals surface area (Å²) in [6.45, 7) is 8.61. The Morgan fingerprint density at radius 1 is 1.16 bits per heavy atom. The first-order valence-electron chi connectivity index (χ1n) is 11.3. The number of rotatable bonds is 6. The van der Waals surface area contributed by atoms with Crippen molar-refractivity contribution in [1.29, 1.82) is 0 Å². The molecule has 0 aliphatic carbocycles. The van der Waals surface area contributed by atoms with E-state index < -0.39 is 5.54 Å². The number of hydrogen-bond donors (Lipinski definition) is 2. The van der Waals surface area contributed by atoms with Crippen LogP contribution in [0, 0.1) is 3.57 Å². The van der Waals surface area contributed by atoms with Gasteiger partial charge >= 0.3 is 0 Å². The Kier molecular flexibility index (Phi) is 6.34. The van der Waals surface area contributed by atoms with Crippen LogP contribution < -0.4 is 10.6 Å². The van der Waals surface area contributed by atoms with Gasteiger partial charge in [0, 0.05) is 3.57 Å². The number of amides is 1. The molecule has 1 amide bonds. The van der Waals surface area contributed by atoms with Crippen molar-refractivity contribution in [2.75, 3.05) is 5.32 Å². The number of fused-ring (bicyclic) bond motifs is 1. The van der Waals surface area contributed by atoms with Crippen LogP contribution in [0.3, 0.4) is 0 Å². The molecule has 2 heterocycles. The van der Waals surface area contributed by atoms with Crippen LogP contribution in [0.2, 0.25) is 0 Å². The molecule has 2 aromatic carbocycles. The van der Waals surface area contributed by atoms with Gasteiger partial charge in [-0.1, -0.05) is 56.3 Å². The summed E-state index contributed by atoms with van der Waals surface area (Å²) in [7, 11) is 0.